The quantitative estimate of drug-likeness (QED) is 0.755. The van der Waals surface area contributed by atoms with Crippen molar-refractivity contribution < 1.29 is 18.9 Å². The minimum absolute atomic E-state index is 0.212. The van der Waals surface area contributed by atoms with Crippen LogP contribution in [0.4, 0.5) is 0 Å². The predicted molar refractivity (Wildman–Crippen MR) is 76.9 cm³/mol. The monoisotopic (exact) mass is 290 g/mol. The smallest absolute Gasteiger partial charge is 0.162 e. The molecule has 3 rings (SSSR count). The van der Waals surface area contributed by atoms with Crippen LogP contribution in [0.25, 0.3) is 10.9 Å². The van der Waals surface area contributed by atoms with E-state index in [4.69, 9.17) is 18.9 Å². The Morgan fingerprint density at radius 3 is 2.81 bits per heavy atom. The van der Waals surface area contributed by atoms with Gasteiger partial charge in [0.1, 0.15) is 18.5 Å². The van der Waals surface area contributed by atoms with Crippen molar-refractivity contribution in [2.75, 3.05) is 33.5 Å². The van der Waals surface area contributed by atoms with Gasteiger partial charge < -0.3 is 18.9 Å². The van der Waals surface area contributed by atoms with E-state index in [1.165, 1.54) is 0 Å². The zero-order chi connectivity index (χ0) is 14.7. The van der Waals surface area contributed by atoms with Crippen molar-refractivity contribution in [3.63, 3.8) is 0 Å². The second kappa shape index (κ2) is 6.24. The third kappa shape index (κ3) is 3.22. The van der Waals surface area contributed by atoms with Crippen LogP contribution in [0.3, 0.4) is 0 Å². The Balaban J connectivity index is 1.69. The summed E-state index contributed by atoms with van der Waals surface area (Å²) in [6.07, 6.45) is 2.00. The number of nitrogens with zero attached hydrogens (tertiary/aromatic N) is 2. The van der Waals surface area contributed by atoms with Crippen molar-refractivity contribution in [1.29, 1.82) is 0 Å². The molecule has 21 heavy (non-hydrogen) atoms. The van der Waals surface area contributed by atoms with Crippen molar-refractivity contribution in [2.24, 2.45) is 0 Å². The number of hydrogen-bond acceptors (Lipinski definition) is 6. The number of ether oxygens (including phenoxy) is 4. The molecule has 0 saturated carbocycles. The fourth-order valence-corrected chi connectivity index (χ4v) is 2.08. The maximum atomic E-state index is 5.74. The van der Waals surface area contributed by atoms with E-state index in [0.29, 0.717) is 37.9 Å². The van der Waals surface area contributed by atoms with Crippen LogP contribution in [0.15, 0.2) is 18.3 Å². The molecule has 1 aromatic heterocycles. The molecule has 0 aliphatic carbocycles. The molecule has 1 aliphatic heterocycles. The summed E-state index contributed by atoms with van der Waals surface area (Å²) in [7, 11) is 1.62. The van der Waals surface area contributed by atoms with Crippen molar-refractivity contribution in [1.82, 2.24) is 9.97 Å². The van der Waals surface area contributed by atoms with Crippen LogP contribution in [0.5, 0.6) is 11.5 Å². The summed E-state index contributed by atoms with van der Waals surface area (Å²) in [4.78, 5) is 8.57. The van der Waals surface area contributed by atoms with Crippen LogP contribution >= 0.6 is 0 Å². The SMILES string of the molecule is COc1cc2nc(C)ncc2cc1OCCOC1COC1. The minimum Gasteiger partial charge on any atom is -0.493 e. The predicted octanol–water partition coefficient (Wildman–Crippen LogP) is 1.74. The van der Waals surface area contributed by atoms with Gasteiger partial charge in [-0.25, -0.2) is 9.97 Å². The molecule has 1 aliphatic rings. The van der Waals surface area contributed by atoms with Crippen molar-refractivity contribution in [3.8, 4) is 11.5 Å². The molecule has 112 valence electrons. The Hall–Kier alpha value is -1.92. The molecule has 6 heteroatoms. The molecule has 2 aromatic rings. The number of aryl methyl sites for hydroxylation is 1. The zero-order valence-electron chi connectivity index (χ0n) is 12.2. The molecule has 1 aromatic carbocycles. The average Bonchev–Trinajstić information content (AvgIpc) is 2.44. The molecule has 0 atom stereocenters. The summed E-state index contributed by atoms with van der Waals surface area (Å²) in [6, 6.07) is 3.75. The number of benzene rings is 1. The molecule has 6 nitrogen and oxygen atoms in total. The van der Waals surface area contributed by atoms with E-state index in [9.17, 15) is 0 Å². The Kier molecular flexibility index (Phi) is 4.17. The first-order chi connectivity index (χ1) is 10.3. The first kappa shape index (κ1) is 14.0. The van der Waals surface area contributed by atoms with Gasteiger partial charge in [0, 0.05) is 17.6 Å². The number of aromatic nitrogens is 2. The lowest BCUT2D eigenvalue weighted by molar-refractivity contribution is -0.132. The molecule has 2 heterocycles. The van der Waals surface area contributed by atoms with Gasteiger partial charge >= 0.3 is 0 Å². The number of methoxy groups -OCH3 is 1. The Bertz CT molecular complexity index is 628. The van der Waals surface area contributed by atoms with E-state index in [0.717, 1.165) is 16.7 Å². The van der Waals surface area contributed by atoms with Gasteiger partial charge in [0.05, 0.1) is 32.4 Å². The molecule has 0 radical (unpaired) electrons. The highest BCUT2D eigenvalue weighted by Gasteiger charge is 2.18. The molecule has 0 bridgehead atoms. The summed E-state index contributed by atoms with van der Waals surface area (Å²) in [5, 5.41) is 0.921. The highest BCUT2D eigenvalue weighted by Crippen LogP contribution is 2.31. The standard InChI is InChI=1S/C15H18N2O4/c1-10-16-7-11-5-15(14(18-2)6-13(11)17-10)21-4-3-20-12-8-19-9-12/h5-7,12H,3-4,8-9H2,1-2H3. The molecular formula is C15H18N2O4. The molecule has 0 unspecified atom stereocenters. The number of rotatable bonds is 6. The maximum Gasteiger partial charge on any atom is 0.162 e. The molecule has 0 amide bonds. The van der Waals surface area contributed by atoms with Gasteiger partial charge in [-0.1, -0.05) is 0 Å². The first-order valence-corrected chi connectivity index (χ1v) is 6.90. The lowest BCUT2D eigenvalue weighted by atomic mass is 10.2. The lowest BCUT2D eigenvalue weighted by Crippen LogP contribution is -2.37. The van der Waals surface area contributed by atoms with Gasteiger partial charge in [-0.3, -0.25) is 0 Å². The Morgan fingerprint density at radius 2 is 2.10 bits per heavy atom. The maximum absolute atomic E-state index is 5.74. The van der Waals surface area contributed by atoms with E-state index in [1.54, 1.807) is 13.3 Å². The summed E-state index contributed by atoms with van der Waals surface area (Å²) in [5.74, 6) is 2.06. The summed E-state index contributed by atoms with van der Waals surface area (Å²) in [6.45, 7) is 4.20. The van der Waals surface area contributed by atoms with Crippen LogP contribution in [0, 0.1) is 6.92 Å². The first-order valence-electron chi connectivity index (χ1n) is 6.90. The lowest BCUT2D eigenvalue weighted by Gasteiger charge is -2.25. The Morgan fingerprint density at radius 1 is 1.24 bits per heavy atom. The normalized spacial score (nSPS) is 15.0. The zero-order valence-corrected chi connectivity index (χ0v) is 12.2. The number of fused-ring (bicyclic) bond motifs is 1. The fourth-order valence-electron chi connectivity index (χ4n) is 2.08. The second-order valence-electron chi connectivity index (χ2n) is 4.86. The van der Waals surface area contributed by atoms with Gasteiger partial charge in [-0.15, -0.1) is 0 Å². The van der Waals surface area contributed by atoms with E-state index in [-0.39, 0.29) is 6.10 Å². The summed E-state index contributed by atoms with van der Waals surface area (Å²) < 4.78 is 21.7. The Labute approximate surface area is 123 Å². The third-order valence-electron chi connectivity index (χ3n) is 3.29. The summed E-state index contributed by atoms with van der Waals surface area (Å²) >= 11 is 0. The van der Waals surface area contributed by atoms with Crippen LogP contribution < -0.4 is 9.47 Å². The second-order valence-corrected chi connectivity index (χ2v) is 4.86. The van der Waals surface area contributed by atoms with E-state index >= 15 is 0 Å². The van der Waals surface area contributed by atoms with Crippen molar-refractivity contribution >= 4 is 10.9 Å². The van der Waals surface area contributed by atoms with Gasteiger partial charge in [-0.2, -0.15) is 0 Å². The molecule has 1 fully saturated rings. The van der Waals surface area contributed by atoms with Gasteiger partial charge in [-0.05, 0) is 13.0 Å². The van der Waals surface area contributed by atoms with Crippen LogP contribution in [0.2, 0.25) is 0 Å². The minimum atomic E-state index is 0.212. The molecule has 1 saturated heterocycles. The van der Waals surface area contributed by atoms with E-state index in [1.807, 2.05) is 19.1 Å². The van der Waals surface area contributed by atoms with Crippen LogP contribution in [-0.2, 0) is 9.47 Å². The highest BCUT2D eigenvalue weighted by molar-refractivity contribution is 5.81. The van der Waals surface area contributed by atoms with Crippen LogP contribution in [0.1, 0.15) is 5.82 Å². The molecule has 0 N–H and O–H groups in total. The highest BCUT2D eigenvalue weighted by atomic mass is 16.6. The van der Waals surface area contributed by atoms with Gasteiger partial charge in [0.25, 0.3) is 0 Å². The summed E-state index contributed by atoms with van der Waals surface area (Å²) in [5.41, 5.74) is 0.842. The topological polar surface area (TPSA) is 62.7 Å². The fraction of sp³-hybridized carbons (Fsp3) is 0.467. The van der Waals surface area contributed by atoms with Crippen LogP contribution in [-0.4, -0.2) is 49.6 Å². The third-order valence-corrected chi connectivity index (χ3v) is 3.29. The molecular weight excluding hydrogens is 272 g/mol. The van der Waals surface area contributed by atoms with E-state index < -0.39 is 0 Å². The van der Waals surface area contributed by atoms with Gasteiger partial charge in [0.2, 0.25) is 0 Å². The van der Waals surface area contributed by atoms with Crippen molar-refractivity contribution in [3.05, 3.63) is 24.2 Å². The van der Waals surface area contributed by atoms with E-state index in [2.05, 4.69) is 9.97 Å². The average molecular weight is 290 g/mol. The van der Waals surface area contributed by atoms with Crippen molar-refractivity contribution in [2.45, 2.75) is 13.0 Å². The molecule has 0 spiro atoms. The largest absolute Gasteiger partial charge is 0.493 e. The number of hydrogen-bond donors (Lipinski definition) is 0. The van der Waals surface area contributed by atoms with Gasteiger partial charge in [0.15, 0.2) is 11.5 Å².